The van der Waals surface area contributed by atoms with Crippen molar-refractivity contribution in [2.75, 3.05) is 27.3 Å². The van der Waals surface area contributed by atoms with Crippen LogP contribution in [0.4, 0.5) is 0 Å². The molecule has 4 nitrogen and oxygen atoms in total. The fourth-order valence-corrected chi connectivity index (χ4v) is 2.05. The van der Waals surface area contributed by atoms with Crippen LogP contribution in [0.3, 0.4) is 0 Å². The van der Waals surface area contributed by atoms with Gasteiger partial charge in [-0.15, -0.1) is 0 Å². The van der Waals surface area contributed by atoms with Crippen molar-refractivity contribution in [3.05, 3.63) is 28.5 Å². The van der Waals surface area contributed by atoms with Gasteiger partial charge >= 0.3 is 0 Å². The van der Waals surface area contributed by atoms with Crippen LogP contribution in [0.5, 0.6) is 0 Å². The summed E-state index contributed by atoms with van der Waals surface area (Å²) >= 11 is 5.96. The van der Waals surface area contributed by atoms with Gasteiger partial charge in [0.25, 0.3) is 5.91 Å². The van der Waals surface area contributed by atoms with Crippen LogP contribution in [0.25, 0.3) is 0 Å². The van der Waals surface area contributed by atoms with Gasteiger partial charge < -0.3 is 9.64 Å². The number of aryl methyl sites for hydroxylation is 1. The second kappa shape index (κ2) is 8.12. The van der Waals surface area contributed by atoms with Crippen molar-refractivity contribution in [2.45, 2.75) is 26.2 Å². The standard InChI is InChI=1S/C14H21ClN2O2/c1-4-6-12-9-11(10-13(15)16-12)14(18)17(2)7-5-8-19-3/h9-10H,4-8H2,1-3H3. The lowest BCUT2D eigenvalue weighted by Gasteiger charge is -2.17. The summed E-state index contributed by atoms with van der Waals surface area (Å²) in [7, 11) is 3.44. The molecule has 1 aromatic heterocycles. The number of amides is 1. The van der Waals surface area contributed by atoms with Crippen molar-refractivity contribution in [3.63, 3.8) is 0 Å². The maximum Gasteiger partial charge on any atom is 0.253 e. The number of hydrogen-bond acceptors (Lipinski definition) is 3. The number of aromatic nitrogens is 1. The molecule has 0 spiro atoms. The van der Waals surface area contributed by atoms with Crippen molar-refractivity contribution >= 4 is 17.5 Å². The van der Waals surface area contributed by atoms with E-state index < -0.39 is 0 Å². The third kappa shape index (κ3) is 5.17. The Hall–Kier alpha value is -1.13. The zero-order valence-electron chi connectivity index (χ0n) is 11.8. The topological polar surface area (TPSA) is 42.4 Å². The molecule has 0 saturated heterocycles. The molecule has 0 unspecified atom stereocenters. The fourth-order valence-electron chi connectivity index (χ4n) is 1.83. The number of pyridine rings is 1. The van der Waals surface area contributed by atoms with Gasteiger partial charge in [-0.05, 0) is 25.0 Å². The van der Waals surface area contributed by atoms with E-state index in [9.17, 15) is 4.79 Å². The largest absolute Gasteiger partial charge is 0.385 e. The molecule has 106 valence electrons. The van der Waals surface area contributed by atoms with Crippen LogP contribution in [-0.4, -0.2) is 43.1 Å². The predicted octanol–water partition coefficient (Wildman–Crippen LogP) is 2.80. The number of halogens is 1. The Balaban J connectivity index is 2.74. The maximum atomic E-state index is 12.2. The minimum atomic E-state index is -0.0299. The highest BCUT2D eigenvalue weighted by atomic mass is 35.5. The molecule has 5 heteroatoms. The highest BCUT2D eigenvalue weighted by Gasteiger charge is 2.13. The van der Waals surface area contributed by atoms with Crippen molar-refractivity contribution in [1.29, 1.82) is 0 Å². The molecule has 1 rings (SSSR count). The predicted molar refractivity (Wildman–Crippen MR) is 76.7 cm³/mol. The first-order chi connectivity index (χ1) is 9.08. The summed E-state index contributed by atoms with van der Waals surface area (Å²) in [5.74, 6) is -0.0299. The molecule has 0 aromatic carbocycles. The zero-order chi connectivity index (χ0) is 14.3. The van der Waals surface area contributed by atoms with Crippen LogP contribution in [-0.2, 0) is 11.2 Å². The average Bonchev–Trinajstić information content (AvgIpc) is 2.37. The van der Waals surface area contributed by atoms with E-state index in [0.29, 0.717) is 23.9 Å². The van der Waals surface area contributed by atoms with Crippen molar-refractivity contribution < 1.29 is 9.53 Å². The molecule has 0 N–H and O–H groups in total. The molecule has 0 saturated carbocycles. The quantitative estimate of drug-likeness (QED) is 0.571. The van der Waals surface area contributed by atoms with Gasteiger partial charge in [-0.2, -0.15) is 0 Å². The number of hydrogen-bond donors (Lipinski definition) is 0. The molecule has 1 amide bonds. The average molecular weight is 285 g/mol. The van der Waals surface area contributed by atoms with Crippen LogP contribution in [0, 0.1) is 0 Å². The lowest BCUT2D eigenvalue weighted by molar-refractivity contribution is 0.0779. The first-order valence-corrected chi connectivity index (χ1v) is 6.87. The van der Waals surface area contributed by atoms with Crippen LogP contribution in [0.15, 0.2) is 12.1 Å². The van der Waals surface area contributed by atoms with Crippen LogP contribution < -0.4 is 0 Å². The number of ether oxygens (including phenoxy) is 1. The molecule has 0 aliphatic heterocycles. The van der Waals surface area contributed by atoms with E-state index in [1.54, 1.807) is 25.1 Å². The van der Waals surface area contributed by atoms with Gasteiger partial charge in [0.1, 0.15) is 5.15 Å². The number of nitrogens with zero attached hydrogens (tertiary/aromatic N) is 2. The summed E-state index contributed by atoms with van der Waals surface area (Å²) < 4.78 is 4.98. The van der Waals surface area contributed by atoms with E-state index in [2.05, 4.69) is 11.9 Å². The summed E-state index contributed by atoms with van der Waals surface area (Å²) in [6, 6.07) is 3.44. The summed E-state index contributed by atoms with van der Waals surface area (Å²) in [6.07, 6.45) is 2.62. The first kappa shape index (κ1) is 15.9. The SMILES string of the molecule is CCCc1cc(C(=O)N(C)CCCOC)cc(Cl)n1. The molecule has 0 aliphatic rings. The first-order valence-electron chi connectivity index (χ1n) is 6.49. The summed E-state index contributed by atoms with van der Waals surface area (Å²) in [4.78, 5) is 18.1. The van der Waals surface area contributed by atoms with Crippen LogP contribution in [0.2, 0.25) is 5.15 Å². The van der Waals surface area contributed by atoms with Crippen molar-refractivity contribution in [3.8, 4) is 0 Å². The van der Waals surface area contributed by atoms with E-state index >= 15 is 0 Å². The lowest BCUT2D eigenvalue weighted by atomic mass is 10.1. The monoisotopic (exact) mass is 284 g/mol. The Morgan fingerprint density at radius 1 is 1.47 bits per heavy atom. The summed E-state index contributed by atoms with van der Waals surface area (Å²) in [6.45, 7) is 3.38. The zero-order valence-corrected chi connectivity index (χ0v) is 12.5. The number of carbonyl (C=O) groups excluding carboxylic acids is 1. The molecule has 0 bridgehead atoms. The minimum absolute atomic E-state index is 0.0299. The molecule has 0 radical (unpaired) electrons. The van der Waals surface area contributed by atoms with E-state index in [0.717, 1.165) is 25.0 Å². The van der Waals surface area contributed by atoms with Gasteiger partial charge in [-0.1, -0.05) is 24.9 Å². The maximum absolute atomic E-state index is 12.2. The Kier molecular flexibility index (Phi) is 6.81. The molecule has 1 heterocycles. The number of carbonyl (C=O) groups is 1. The molecular weight excluding hydrogens is 264 g/mol. The van der Waals surface area contributed by atoms with Crippen molar-refractivity contribution in [2.24, 2.45) is 0 Å². The highest BCUT2D eigenvalue weighted by Crippen LogP contribution is 2.14. The van der Waals surface area contributed by atoms with Gasteiger partial charge in [0, 0.05) is 38.6 Å². The Morgan fingerprint density at radius 3 is 2.84 bits per heavy atom. The normalized spacial score (nSPS) is 10.5. The van der Waals surface area contributed by atoms with E-state index in [-0.39, 0.29) is 5.91 Å². The number of methoxy groups -OCH3 is 1. The summed E-state index contributed by atoms with van der Waals surface area (Å²) in [5, 5.41) is 0.375. The molecular formula is C14H21ClN2O2. The van der Waals surface area contributed by atoms with Gasteiger partial charge in [-0.25, -0.2) is 4.98 Å². The Morgan fingerprint density at radius 2 is 2.21 bits per heavy atom. The smallest absolute Gasteiger partial charge is 0.253 e. The molecule has 0 fully saturated rings. The summed E-state index contributed by atoms with van der Waals surface area (Å²) in [5.41, 5.74) is 1.46. The fraction of sp³-hybridized carbons (Fsp3) is 0.571. The Bertz CT molecular complexity index is 424. The molecule has 19 heavy (non-hydrogen) atoms. The van der Waals surface area contributed by atoms with Gasteiger partial charge in [0.15, 0.2) is 0 Å². The minimum Gasteiger partial charge on any atom is -0.385 e. The second-order valence-corrected chi connectivity index (χ2v) is 4.88. The third-order valence-electron chi connectivity index (χ3n) is 2.79. The van der Waals surface area contributed by atoms with E-state index in [4.69, 9.17) is 16.3 Å². The van der Waals surface area contributed by atoms with Crippen LogP contribution in [0.1, 0.15) is 35.8 Å². The molecule has 1 aromatic rings. The van der Waals surface area contributed by atoms with Gasteiger partial charge in [0.05, 0.1) is 0 Å². The number of rotatable bonds is 7. The molecule has 0 aliphatic carbocycles. The van der Waals surface area contributed by atoms with Gasteiger partial charge in [-0.3, -0.25) is 4.79 Å². The third-order valence-corrected chi connectivity index (χ3v) is 2.98. The van der Waals surface area contributed by atoms with Gasteiger partial charge in [0.2, 0.25) is 0 Å². The molecule has 0 atom stereocenters. The van der Waals surface area contributed by atoms with Crippen molar-refractivity contribution in [1.82, 2.24) is 9.88 Å². The Labute approximate surface area is 119 Å². The highest BCUT2D eigenvalue weighted by molar-refractivity contribution is 6.29. The van der Waals surface area contributed by atoms with E-state index in [1.807, 2.05) is 6.07 Å². The second-order valence-electron chi connectivity index (χ2n) is 4.49. The lowest BCUT2D eigenvalue weighted by Crippen LogP contribution is -2.28. The van der Waals surface area contributed by atoms with E-state index in [1.165, 1.54) is 0 Å². The van der Waals surface area contributed by atoms with Crippen LogP contribution >= 0.6 is 11.6 Å².